The predicted octanol–water partition coefficient (Wildman–Crippen LogP) is 5.49. The molecule has 4 aromatic rings. The van der Waals surface area contributed by atoms with Crippen molar-refractivity contribution in [1.29, 1.82) is 0 Å². The number of hydrogen-bond donors (Lipinski definition) is 1. The molecule has 0 aliphatic carbocycles. The number of amides is 1. The zero-order chi connectivity index (χ0) is 23.1. The Morgan fingerprint density at radius 1 is 1.12 bits per heavy atom. The molecule has 0 radical (unpaired) electrons. The number of carbonyl (C=O) groups excluding carboxylic acids is 1. The first-order chi connectivity index (χ1) is 15.9. The van der Waals surface area contributed by atoms with Gasteiger partial charge >= 0.3 is 5.97 Å². The molecule has 0 saturated heterocycles. The van der Waals surface area contributed by atoms with E-state index in [1.807, 2.05) is 26.0 Å². The summed E-state index contributed by atoms with van der Waals surface area (Å²) in [4.78, 5) is 30.3. The Kier molecular flexibility index (Phi) is 5.18. The van der Waals surface area contributed by atoms with Crippen molar-refractivity contribution in [3.05, 3.63) is 99.3 Å². The molecular weight excluding hydrogens is 434 g/mol. The van der Waals surface area contributed by atoms with Crippen LogP contribution < -0.4 is 4.90 Å². The zero-order valence-corrected chi connectivity index (χ0v) is 19.0. The van der Waals surface area contributed by atoms with Crippen LogP contribution in [0.3, 0.4) is 0 Å². The van der Waals surface area contributed by atoms with E-state index in [-0.39, 0.29) is 11.5 Å². The van der Waals surface area contributed by atoms with Gasteiger partial charge in [0.05, 0.1) is 22.8 Å². The summed E-state index contributed by atoms with van der Waals surface area (Å²) in [6, 6.07) is 14.5. The summed E-state index contributed by atoms with van der Waals surface area (Å²) in [6.07, 6.45) is 5.75. The van der Waals surface area contributed by atoms with Crippen molar-refractivity contribution in [2.75, 3.05) is 4.90 Å². The molecule has 6 nitrogen and oxygen atoms in total. The van der Waals surface area contributed by atoms with Gasteiger partial charge in [0.2, 0.25) is 0 Å². The number of anilines is 1. The minimum Gasteiger partial charge on any atom is -0.478 e. The fraction of sp³-hybridized carbons (Fsp3) is 0.115. The number of benzene rings is 2. The fourth-order valence-electron chi connectivity index (χ4n) is 4.02. The van der Waals surface area contributed by atoms with Crippen LogP contribution in [0, 0.1) is 6.92 Å². The monoisotopic (exact) mass is 455 g/mol. The molecule has 3 heterocycles. The number of fused-ring (bicyclic) bond motifs is 1. The van der Waals surface area contributed by atoms with Crippen LogP contribution in [0.5, 0.6) is 0 Å². The number of carbonyl (C=O) groups is 2. The molecule has 1 aliphatic heterocycles. The third-order valence-corrected chi connectivity index (χ3v) is 6.52. The fourth-order valence-corrected chi connectivity index (χ4v) is 4.62. The Labute approximate surface area is 194 Å². The van der Waals surface area contributed by atoms with Crippen LogP contribution in [0.4, 0.5) is 5.69 Å². The summed E-state index contributed by atoms with van der Waals surface area (Å²) in [5.74, 6) is -1.13. The van der Waals surface area contributed by atoms with Crippen molar-refractivity contribution in [1.82, 2.24) is 9.55 Å². The first kappa shape index (κ1) is 20.9. The van der Waals surface area contributed by atoms with Gasteiger partial charge in [-0.05, 0) is 73.5 Å². The lowest BCUT2D eigenvalue weighted by atomic mass is 10.1. The summed E-state index contributed by atoms with van der Waals surface area (Å²) in [5.41, 5.74) is 5.42. The standard InChI is InChI=1S/C26H21N3O3S/c1-16-13-29(22-6-4-19(5-7-22)26(31)32)25(30)23(16)12-18-3-8-24-20(11-18)9-10-28(24)14-21-15-33-17(2)27-21/h3-13,15H,14H2,1-2H3,(H,31,32)/b23-12-. The van der Waals surface area contributed by atoms with Gasteiger partial charge in [0, 0.05) is 39.9 Å². The van der Waals surface area contributed by atoms with E-state index in [4.69, 9.17) is 5.11 Å². The van der Waals surface area contributed by atoms with Gasteiger partial charge in [0.25, 0.3) is 5.91 Å². The van der Waals surface area contributed by atoms with Crippen molar-refractivity contribution >= 4 is 45.9 Å². The second kappa shape index (κ2) is 8.18. The number of aromatic nitrogens is 2. The summed E-state index contributed by atoms with van der Waals surface area (Å²) < 4.78 is 2.18. The number of thiazole rings is 1. The molecule has 5 rings (SSSR count). The second-order valence-corrected chi connectivity index (χ2v) is 9.08. The highest BCUT2D eigenvalue weighted by Gasteiger charge is 2.26. The lowest BCUT2D eigenvalue weighted by molar-refractivity contribution is -0.113. The van der Waals surface area contributed by atoms with Gasteiger partial charge in [-0.1, -0.05) is 6.07 Å². The molecule has 33 heavy (non-hydrogen) atoms. The normalized spacial score (nSPS) is 15.0. The van der Waals surface area contributed by atoms with Crippen LogP contribution in [-0.4, -0.2) is 26.5 Å². The minimum atomic E-state index is -0.993. The predicted molar refractivity (Wildman–Crippen MR) is 131 cm³/mol. The van der Waals surface area contributed by atoms with E-state index in [1.54, 1.807) is 34.6 Å². The molecule has 164 valence electrons. The van der Waals surface area contributed by atoms with E-state index < -0.39 is 5.97 Å². The van der Waals surface area contributed by atoms with E-state index in [1.165, 1.54) is 12.1 Å². The topological polar surface area (TPSA) is 75.4 Å². The van der Waals surface area contributed by atoms with Gasteiger partial charge in [-0.2, -0.15) is 0 Å². The molecule has 1 N–H and O–H groups in total. The third kappa shape index (κ3) is 3.99. The summed E-state index contributed by atoms with van der Waals surface area (Å²) in [5, 5.41) is 13.3. The summed E-state index contributed by atoms with van der Waals surface area (Å²) in [7, 11) is 0. The van der Waals surface area contributed by atoms with Gasteiger partial charge in [0.15, 0.2) is 0 Å². The molecule has 0 atom stereocenters. The van der Waals surface area contributed by atoms with Crippen molar-refractivity contribution in [2.24, 2.45) is 0 Å². The Hall–Kier alpha value is -3.97. The van der Waals surface area contributed by atoms with Crippen LogP contribution >= 0.6 is 11.3 Å². The maximum Gasteiger partial charge on any atom is 0.335 e. The Balaban J connectivity index is 1.40. The van der Waals surface area contributed by atoms with Crippen LogP contribution in [-0.2, 0) is 11.3 Å². The molecule has 2 aromatic heterocycles. The average molecular weight is 456 g/mol. The minimum absolute atomic E-state index is 0.132. The zero-order valence-electron chi connectivity index (χ0n) is 18.1. The quantitative estimate of drug-likeness (QED) is 0.404. The highest BCUT2D eigenvalue weighted by atomic mass is 32.1. The Bertz CT molecular complexity index is 1460. The van der Waals surface area contributed by atoms with E-state index in [0.29, 0.717) is 11.3 Å². The molecule has 2 aromatic carbocycles. The largest absolute Gasteiger partial charge is 0.478 e. The van der Waals surface area contributed by atoms with Crippen molar-refractivity contribution in [3.63, 3.8) is 0 Å². The number of carboxylic acids is 1. The van der Waals surface area contributed by atoms with Gasteiger partial charge in [-0.25, -0.2) is 9.78 Å². The van der Waals surface area contributed by atoms with Crippen molar-refractivity contribution < 1.29 is 14.7 Å². The smallest absolute Gasteiger partial charge is 0.335 e. The van der Waals surface area contributed by atoms with Crippen LogP contribution in [0.25, 0.3) is 17.0 Å². The first-order valence-electron chi connectivity index (χ1n) is 10.5. The third-order valence-electron chi connectivity index (χ3n) is 5.69. The molecule has 0 fully saturated rings. The molecule has 0 bridgehead atoms. The lowest BCUT2D eigenvalue weighted by Crippen LogP contribution is -2.21. The van der Waals surface area contributed by atoms with E-state index >= 15 is 0 Å². The van der Waals surface area contributed by atoms with Crippen LogP contribution in [0.1, 0.15) is 33.5 Å². The summed E-state index contributed by atoms with van der Waals surface area (Å²) in [6.45, 7) is 4.64. The lowest BCUT2D eigenvalue weighted by Gasteiger charge is -2.14. The number of carboxylic acid groups (broad SMARTS) is 1. The molecule has 0 spiro atoms. The van der Waals surface area contributed by atoms with E-state index in [2.05, 4.69) is 39.3 Å². The maximum atomic E-state index is 13.1. The van der Waals surface area contributed by atoms with E-state index in [0.717, 1.165) is 39.3 Å². The second-order valence-electron chi connectivity index (χ2n) is 8.02. The van der Waals surface area contributed by atoms with Crippen molar-refractivity contribution in [3.8, 4) is 0 Å². The highest BCUT2D eigenvalue weighted by Crippen LogP contribution is 2.30. The van der Waals surface area contributed by atoms with Gasteiger partial charge < -0.3 is 9.67 Å². The number of rotatable bonds is 5. The van der Waals surface area contributed by atoms with Gasteiger partial charge in [-0.3, -0.25) is 9.69 Å². The molecule has 0 saturated carbocycles. The Morgan fingerprint density at radius 2 is 1.91 bits per heavy atom. The Morgan fingerprint density at radius 3 is 2.61 bits per heavy atom. The molecule has 0 unspecified atom stereocenters. The molecular formula is C26H21N3O3S. The van der Waals surface area contributed by atoms with Gasteiger partial charge in [-0.15, -0.1) is 11.3 Å². The van der Waals surface area contributed by atoms with Gasteiger partial charge in [0.1, 0.15) is 0 Å². The molecule has 1 aliphatic rings. The maximum absolute atomic E-state index is 13.1. The number of hydrogen-bond acceptors (Lipinski definition) is 4. The van der Waals surface area contributed by atoms with E-state index in [9.17, 15) is 9.59 Å². The SMILES string of the molecule is CC1=CN(c2ccc(C(=O)O)cc2)C(=O)/C1=C\c1ccc2c(ccn2Cc2csc(C)n2)c1. The first-order valence-corrected chi connectivity index (χ1v) is 11.3. The summed E-state index contributed by atoms with van der Waals surface area (Å²) >= 11 is 1.65. The molecule has 1 amide bonds. The van der Waals surface area contributed by atoms with Crippen LogP contribution in [0.15, 0.2) is 77.5 Å². The van der Waals surface area contributed by atoms with Crippen molar-refractivity contribution in [2.45, 2.75) is 20.4 Å². The van der Waals surface area contributed by atoms with Crippen LogP contribution in [0.2, 0.25) is 0 Å². The average Bonchev–Trinajstić information content (AvgIpc) is 3.48. The molecule has 7 heteroatoms. The number of aromatic carboxylic acids is 1. The number of aryl methyl sites for hydroxylation is 1. The highest BCUT2D eigenvalue weighted by molar-refractivity contribution is 7.09. The number of nitrogens with zero attached hydrogens (tertiary/aromatic N) is 3.